The van der Waals surface area contributed by atoms with E-state index in [4.69, 9.17) is 4.74 Å². The predicted octanol–water partition coefficient (Wildman–Crippen LogP) is 4.40. The molecule has 4 rings (SSSR count). The second-order valence-corrected chi connectivity index (χ2v) is 10.1. The van der Waals surface area contributed by atoms with Crippen molar-refractivity contribution < 1.29 is 9.84 Å². The van der Waals surface area contributed by atoms with Crippen LogP contribution in [0, 0.1) is 0 Å². The minimum Gasteiger partial charge on any atom is -0.507 e. The van der Waals surface area contributed by atoms with Gasteiger partial charge in [-0.05, 0) is 82.4 Å². The fraction of sp³-hybridized carbons (Fsp3) is 0.520. The van der Waals surface area contributed by atoms with E-state index < -0.39 is 0 Å². The van der Waals surface area contributed by atoms with E-state index in [1.54, 1.807) is 0 Å². The van der Waals surface area contributed by atoms with Crippen LogP contribution in [0.3, 0.4) is 0 Å². The molecule has 3 heterocycles. The van der Waals surface area contributed by atoms with Gasteiger partial charge in [0, 0.05) is 29.7 Å². The Morgan fingerprint density at radius 3 is 2.39 bits per heavy atom. The number of ether oxygens (including phenoxy) is 1. The summed E-state index contributed by atoms with van der Waals surface area (Å²) in [6.07, 6.45) is 5.02. The molecule has 0 atom stereocenters. The summed E-state index contributed by atoms with van der Waals surface area (Å²) >= 11 is 0. The summed E-state index contributed by atoms with van der Waals surface area (Å²) in [5.41, 5.74) is 3.76. The smallest absolute Gasteiger partial charge is 0.151 e. The minimum absolute atomic E-state index is 0.0709. The monoisotopic (exact) mass is 422 g/mol. The Hall–Kier alpha value is -2.44. The number of anilines is 1. The zero-order valence-electron chi connectivity index (χ0n) is 19.3. The van der Waals surface area contributed by atoms with Crippen molar-refractivity contribution in [1.82, 2.24) is 15.5 Å². The highest BCUT2D eigenvalue weighted by molar-refractivity contribution is 5.74. The lowest BCUT2D eigenvalue weighted by Crippen LogP contribution is -2.62. The van der Waals surface area contributed by atoms with E-state index in [1.807, 2.05) is 30.3 Å². The zero-order valence-corrected chi connectivity index (χ0v) is 19.3. The fourth-order valence-corrected chi connectivity index (χ4v) is 5.12. The molecule has 2 aliphatic heterocycles. The Morgan fingerprint density at radius 1 is 1.06 bits per heavy atom. The van der Waals surface area contributed by atoms with Gasteiger partial charge in [0.05, 0.1) is 18.9 Å². The molecule has 0 amide bonds. The number of phenols is 1. The van der Waals surface area contributed by atoms with Gasteiger partial charge in [-0.3, -0.25) is 0 Å². The largest absolute Gasteiger partial charge is 0.507 e. The van der Waals surface area contributed by atoms with Crippen LogP contribution in [0.25, 0.3) is 16.8 Å². The standard InChI is InChI=1S/C25H34N4O2/c1-24(2)15-19(16-25(3,4)28-24)29(5)23-9-8-21(26-27-23)20-7-6-18(14-22(20)30)17-10-12-31-13-11-17/h6-10,14,19,28,30H,11-13,15-16H2,1-5H3. The molecule has 166 valence electrons. The third-order valence-corrected chi connectivity index (χ3v) is 6.34. The maximum atomic E-state index is 10.6. The molecule has 31 heavy (non-hydrogen) atoms. The van der Waals surface area contributed by atoms with Gasteiger partial charge in [-0.1, -0.05) is 12.1 Å². The minimum atomic E-state index is 0.0709. The molecule has 0 radical (unpaired) electrons. The van der Waals surface area contributed by atoms with Crippen LogP contribution in [0.15, 0.2) is 36.4 Å². The van der Waals surface area contributed by atoms with Gasteiger partial charge in [-0.2, -0.15) is 0 Å². The molecular weight excluding hydrogens is 388 g/mol. The Kier molecular flexibility index (Phi) is 5.79. The van der Waals surface area contributed by atoms with Crippen molar-refractivity contribution in [3.8, 4) is 17.0 Å². The number of nitrogens with zero attached hydrogens (tertiary/aromatic N) is 3. The van der Waals surface area contributed by atoms with Crippen molar-refractivity contribution in [3.63, 3.8) is 0 Å². The van der Waals surface area contributed by atoms with Crippen molar-refractivity contribution >= 4 is 11.4 Å². The van der Waals surface area contributed by atoms with Crippen LogP contribution < -0.4 is 10.2 Å². The lowest BCUT2D eigenvalue weighted by atomic mass is 9.79. The van der Waals surface area contributed by atoms with Crippen LogP contribution in [0.5, 0.6) is 5.75 Å². The fourth-order valence-electron chi connectivity index (χ4n) is 5.12. The number of piperidine rings is 1. The molecule has 1 aromatic carbocycles. The van der Waals surface area contributed by atoms with Gasteiger partial charge >= 0.3 is 0 Å². The molecule has 2 aromatic rings. The quantitative estimate of drug-likeness (QED) is 0.761. The number of rotatable bonds is 4. The lowest BCUT2D eigenvalue weighted by Gasteiger charge is -2.49. The number of aromatic hydroxyl groups is 1. The van der Waals surface area contributed by atoms with Crippen molar-refractivity contribution in [1.29, 1.82) is 0 Å². The number of hydrogen-bond acceptors (Lipinski definition) is 6. The molecule has 0 aliphatic carbocycles. The molecule has 1 aromatic heterocycles. The van der Waals surface area contributed by atoms with E-state index in [2.05, 4.69) is 61.2 Å². The summed E-state index contributed by atoms with van der Waals surface area (Å²) in [5.74, 6) is 1.08. The number of benzene rings is 1. The Balaban J connectivity index is 1.52. The molecule has 2 N–H and O–H groups in total. The SMILES string of the molecule is CN(c1ccc(-c2ccc(C3=CCOCC3)cc2O)nn1)C1CC(C)(C)NC(C)(C)C1. The van der Waals surface area contributed by atoms with Gasteiger partial charge in [0.1, 0.15) is 5.75 Å². The molecule has 0 spiro atoms. The summed E-state index contributed by atoms with van der Waals surface area (Å²) in [6.45, 7) is 10.4. The first-order valence-electron chi connectivity index (χ1n) is 11.1. The van der Waals surface area contributed by atoms with Gasteiger partial charge in [0.2, 0.25) is 0 Å². The molecule has 0 bridgehead atoms. The molecule has 2 aliphatic rings. The second-order valence-electron chi connectivity index (χ2n) is 10.1. The molecule has 1 saturated heterocycles. The third-order valence-electron chi connectivity index (χ3n) is 6.34. The summed E-state index contributed by atoms with van der Waals surface area (Å²) in [4.78, 5) is 2.24. The van der Waals surface area contributed by atoms with Crippen LogP contribution >= 0.6 is 0 Å². The second kappa shape index (κ2) is 8.24. The van der Waals surface area contributed by atoms with Crippen LogP contribution in [0.1, 0.15) is 52.5 Å². The highest BCUT2D eigenvalue weighted by atomic mass is 16.5. The Labute approximate surface area is 185 Å². The molecule has 1 fully saturated rings. The van der Waals surface area contributed by atoms with Crippen LogP contribution in [-0.2, 0) is 4.74 Å². The van der Waals surface area contributed by atoms with E-state index >= 15 is 0 Å². The van der Waals surface area contributed by atoms with Gasteiger partial charge < -0.3 is 20.1 Å². The predicted molar refractivity (Wildman–Crippen MR) is 125 cm³/mol. The highest BCUT2D eigenvalue weighted by Gasteiger charge is 2.39. The van der Waals surface area contributed by atoms with Gasteiger partial charge in [0.15, 0.2) is 5.82 Å². The molecular formula is C25H34N4O2. The van der Waals surface area contributed by atoms with Crippen LogP contribution in [0.4, 0.5) is 5.82 Å². The summed E-state index contributed by atoms with van der Waals surface area (Å²) in [6, 6.07) is 10.1. The molecule has 0 saturated carbocycles. The maximum Gasteiger partial charge on any atom is 0.151 e. The summed E-state index contributed by atoms with van der Waals surface area (Å²) in [5, 5.41) is 23.3. The van der Waals surface area contributed by atoms with Crippen LogP contribution in [-0.4, -0.2) is 52.7 Å². The van der Waals surface area contributed by atoms with Gasteiger partial charge in [-0.25, -0.2) is 0 Å². The average molecular weight is 423 g/mol. The first-order valence-corrected chi connectivity index (χ1v) is 11.1. The van der Waals surface area contributed by atoms with E-state index in [9.17, 15) is 5.11 Å². The number of nitrogens with one attached hydrogen (secondary N) is 1. The van der Waals surface area contributed by atoms with Crippen LogP contribution in [0.2, 0.25) is 0 Å². The topological polar surface area (TPSA) is 70.5 Å². The summed E-state index contributed by atoms with van der Waals surface area (Å²) < 4.78 is 5.38. The molecule has 6 heteroatoms. The van der Waals surface area contributed by atoms with E-state index in [-0.39, 0.29) is 16.8 Å². The molecule has 6 nitrogen and oxygen atoms in total. The Morgan fingerprint density at radius 2 is 1.81 bits per heavy atom. The van der Waals surface area contributed by atoms with E-state index in [0.717, 1.165) is 37.3 Å². The first kappa shape index (κ1) is 21.8. The van der Waals surface area contributed by atoms with Crippen molar-refractivity contribution in [2.75, 3.05) is 25.2 Å². The first-order chi connectivity index (χ1) is 14.6. The van der Waals surface area contributed by atoms with Crippen molar-refractivity contribution in [2.45, 2.75) is 64.1 Å². The normalized spacial score (nSPS) is 20.9. The van der Waals surface area contributed by atoms with E-state index in [1.165, 1.54) is 5.57 Å². The Bertz CT molecular complexity index is 950. The highest BCUT2D eigenvalue weighted by Crippen LogP contribution is 2.34. The molecule has 0 unspecified atom stereocenters. The average Bonchev–Trinajstić information content (AvgIpc) is 2.72. The lowest BCUT2D eigenvalue weighted by molar-refractivity contribution is 0.160. The third kappa shape index (κ3) is 4.91. The number of phenolic OH excluding ortho intramolecular Hbond substituents is 1. The van der Waals surface area contributed by atoms with Gasteiger partial charge in [-0.15, -0.1) is 10.2 Å². The number of aromatic nitrogens is 2. The van der Waals surface area contributed by atoms with Gasteiger partial charge in [0.25, 0.3) is 0 Å². The van der Waals surface area contributed by atoms with E-state index in [0.29, 0.717) is 23.9 Å². The van der Waals surface area contributed by atoms with Crippen molar-refractivity contribution in [3.05, 3.63) is 42.0 Å². The van der Waals surface area contributed by atoms with Crippen molar-refractivity contribution in [2.24, 2.45) is 0 Å². The maximum absolute atomic E-state index is 10.6. The number of hydrogen-bond donors (Lipinski definition) is 2. The summed E-state index contributed by atoms with van der Waals surface area (Å²) in [7, 11) is 2.10. The zero-order chi connectivity index (χ0) is 22.2.